The molecule has 1 aliphatic heterocycles. The lowest BCUT2D eigenvalue weighted by atomic mass is 9.76. The molecule has 0 unspecified atom stereocenters. The van der Waals surface area contributed by atoms with E-state index in [1.165, 1.54) is 0 Å². The first-order valence-electron chi connectivity index (χ1n) is 7.18. The van der Waals surface area contributed by atoms with Gasteiger partial charge < -0.3 is 10.0 Å². The van der Waals surface area contributed by atoms with E-state index in [-0.39, 0.29) is 5.91 Å². The van der Waals surface area contributed by atoms with Crippen LogP contribution in [0.4, 0.5) is 0 Å². The number of rotatable bonds is 3. The quantitative estimate of drug-likeness (QED) is 0.904. The third kappa shape index (κ3) is 3.12. The molecule has 0 spiro atoms. The van der Waals surface area contributed by atoms with Crippen molar-refractivity contribution >= 4 is 27.8 Å². The highest BCUT2D eigenvalue weighted by Gasteiger charge is 2.40. The van der Waals surface area contributed by atoms with Crippen LogP contribution in [-0.4, -0.2) is 35.0 Å². The predicted molar refractivity (Wildman–Crippen MR) is 84.4 cm³/mol. The zero-order valence-corrected chi connectivity index (χ0v) is 13.9. The predicted octanol–water partition coefficient (Wildman–Crippen LogP) is 3.47. The van der Waals surface area contributed by atoms with Crippen molar-refractivity contribution in [1.29, 1.82) is 0 Å². The van der Waals surface area contributed by atoms with Gasteiger partial charge in [-0.1, -0.05) is 22.9 Å². The number of carboxylic acids is 1. The van der Waals surface area contributed by atoms with E-state index in [0.29, 0.717) is 37.9 Å². The van der Waals surface area contributed by atoms with Crippen molar-refractivity contribution < 1.29 is 14.7 Å². The molecule has 114 valence electrons. The average Bonchev–Trinajstić information content (AvgIpc) is 2.49. The van der Waals surface area contributed by atoms with E-state index in [1.807, 2.05) is 26.0 Å². The first-order valence-corrected chi connectivity index (χ1v) is 7.98. The van der Waals surface area contributed by atoms with Gasteiger partial charge in [0, 0.05) is 23.1 Å². The van der Waals surface area contributed by atoms with Gasteiger partial charge in [-0.25, -0.2) is 0 Å². The molecule has 2 rings (SSSR count). The van der Waals surface area contributed by atoms with E-state index in [4.69, 9.17) is 0 Å². The number of nitrogens with zero attached hydrogens (tertiary/aromatic N) is 1. The number of hydrogen-bond acceptors (Lipinski definition) is 2. The molecule has 4 nitrogen and oxygen atoms in total. The van der Waals surface area contributed by atoms with Crippen molar-refractivity contribution in [2.75, 3.05) is 13.1 Å². The summed E-state index contributed by atoms with van der Waals surface area (Å²) in [5.41, 5.74) is 1.02. The number of piperidine rings is 1. The van der Waals surface area contributed by atoms with E-state index in [9.17, 15) is 14.7 Å². The van der Waals surface area contributed by atoms with Crippen LogP contribution in [0.1, 0.15) is 42.1 Å². The van der Waals surface area contributed by atoms with Gasteiger partial charge in [0.15, 0.2) is 0 Å². The molecule has 1 fully saturated rings. The summed E-state index contributed by atoms with van der Waals surface area (Å²) in [6.45, 7) is 4.87. The number of aryl methyl sites for hydroxylation is 1. The highest BCUT2D eigenvalue weighted by Crippen LogP contribution is 2.35. The molecule has 1 aromatic rings. The number of halogens is 1. The molecule has 0 saturated carbocycles. The fraction of sp³-hybridized carbons (Fsp3) is 0.500. The van der Waals surface area contributed by atoms with Crippen molar-refractivity contribution in [3.63, 3.8) is 0 Å². The van der Waals surface area contributed by atoms with Gasteiger partial charge in [-0.2, -0.15) is 0 Å². The number of carbonyl (C=O) groups is 2. The first kappa shape index (κ1) is 16.0. The summed E-state index contributed by atoms with van der Waals surface area (Å²) in [5, 5.41) is 9.39. The smallest absolute Gasteiger partial charge is 0.309 e. The molecule has 0 radical (unpaired) electrons. The second kappa shape index (κ2) is 6.18. The second-order valence-electron chi connectivity index (χ2n) is 5.70. The van der Waals surface area contributed by atoms with Crippen LogP contribution >= 0.6 is 15.9 Å². The minimum atomic E-state index is -0.739. The van der Waals surface area contributed by atoms with Crippen LogP contribution in [0.15, 0.2) is 22.7 Å². The Hall–Kier alpha value is -1.36. The van der Waals surface area contributed by atoms with Gasteiger partial charge in [-0.3, -0.25) is 9.59 Å². The number of benzene rings is 1. The maximum Gasteiger partial charge on any atom is 0.309 e. The third-order valence-corrected chi connectivity index (χ3v) is 5.43. The Kier molecular flexibility index (Phi) is 4.71. The van der Waals surface area contributed by atoms with Crippen molar-refractivity contribution in [2.24, 2.45) is 5.41 Å². The van der Waals surface area contributed by atoms with Gasteiger partial charge in [0.1, 0.15) is 0 Å². The highest BCUT2D eigenvalue weighted by molar-refractivity contribution is 9.10. The normalized spacial score (nSPS) is 17.6. The van der Waals surface area contributed by atoms with Crippen LogP contribution in [0.25, 0.3) is 0 Å². The lowest BCUT2D eigenvalue weighted by Crippen LogP contribution is -2.46. The van der Waals surface area contributed by atoms with Crippen molar-refractivity contribution in [3.05, 3.63) is 33.8 Å². The summed E-state index contributed by atoms with van der Waals surface area (Å²) < 4.78 is 0.980. The van der Waals surface area contributed by atoms with E-state index in [1.54, 1.807) is 11.0 Å². The van der Waals surface area contributed by atoms with Gasteiger partial charge in [0.2, 0.25) is 0 Å². The number of aliphatic carboxylic acids is 1. The molecule has 1 saturated heterocycles. The lowest BCUT2D eigenvalue weighted by molar-refractivity contribution is -0.152. The van der Waals surface area contributed by atoms with Crippen molar-refractivity contribution in [2.45, 2.75) is 33.1 Å². The Bertz CT molecular complexity index is 563. The molecular weight excluding hydrogens is 334 g/mol. The largest absolute Gasteiger partial charge is 0.481 e. The van der Waals surface area contributed by atoms with Gasteiger partial charge in [-0.05, 0) is 49.9 Å². The van der Waals surface area contributed by atoms with E-state index >= 15 is 0 Å². The highest BCUT2D eigenvalue weighted by atomic mass is 79.9. The standard InChI is InChI=1S/C16H20BrNO3/c1-3-16(15(20)21)6-8-18(9-7-16)14(19)12-4-5-13(17)11(2)10-12/h4-5,10H,3,6-9H2,1-2H3,(H,20,21). The van der Waals surface area contributed by atoms with Crippen LogP contribution in [0.2, 0.25) is 0 Å². The fourth-order valence-corrected chi connectivity index (χ4v) is 3.06. The zero-order valence-electron chi connectivity index (χ0n) is 12.4. The number of carboxylic acid groups (broad SMARTS) is 1. The maximum atomic E-state index is 12.5. The summed E-state index contributed by atoms with van der Waals surface area (Å²) in [6.07, 6.45) is 1.67. The monoisotopic (exact) mass is 353 g/mol. The Balaban J connectivity index is 2.09. The summed E-state index contributed by atoms with van der Waals surface area (Å²) in [4.78, 5) is 25.7. The molecule has 21 heavy (non-hydrogen) atoms. The molecular formula is C16H20BrNO3. The first-order chi connectivity index (χ1) is 9.89. The number of hydrogen-bond donors (Lipinski definition) is 1. The SMILES string of the molecule is CCC1(C(=O)O)CCN(C(=O)c2ccc(Br)c(C)c2)CC1. The maximum absolute atomic E-state index is 12.5. The van der Waals surface area contributed by atoms with Crippen LogP contribution in [0.3, 0.4) is 0 Å². The van der Waals surface area contributed by atoms with E-state index in [0.717, 1.165) is 10.0 Å². The molecule has 0 bridgehead atoms. The van der Waals surface area contributed by atoms with Gasteiger partial charge in [0.05, 0.1) is 5.41 Å². The molecule has 1 N–H and O–H groups in total. The molecule has 5 heteroatoms. The summed E-state index contributed by atoms with van der Waals surface area (Å²) >= 11 is 3.42. The van der Waals surface area contributed by atoms with Crippen LogP contribution in [0.5, 0.6) is 0 Å². The van der Waals surface area contributed by atoms with Crippen LogP contribution < -0.4 is 0 Å². The third-order valence-electron chi connectivity index (χ3n) is 4.54. The molecule has 0 aromatic heterocycles. The molecule has 0 atom stereocenters. The molecule has 1 amide bonds. The average molecular weight is 354 g/mol. The van der Waals surface area contributed by atoms with Crippen LogP contribution in [0, 0.1) is 12.3 Å². The Morgan fingerprint density at radius 3 is 2.43 bits per heavy atom. The summed E-state index contributed by atoms with van der Waals surface area (Å²) in [6, 6.07) is 5.55. The van der Waals surface area contributed by atoms with Crippen molar-refractivity contribution in [3.8, 4) is 0 Å². The number of likely N-dealkylation sites (tertiary alicyclic amines) is 1. The van der Waals surface area contributed by atoms with Crippen molar-refractivity contribution in [1.82, 2.24) is 4.90 Å². The summed E-state index contributed by atoms with van der Waals surface area (Å²) in [5.74, 6) is -0.753. The fourth-order valence-electron chi connectivity index (χ4n) is 2.82. The molecule has 0 aliphatic carbocycles. The van der Waals surface area contributed by atoms with E-state index in [2.05, 4.69) is 15.9 Å². The summed E-state index contributed by atoms with van der Waals surface area (Å²) in [7, 11) is 0. The number of carbonyl (C=O) groups excluding carboxylic acids is 1. The van der Waals surface area contributed by atoms with Gasteiger partial charge in [-0.15, -0.1) is 0 Å². The topological polar surface area (TPSA) is 57.6 Å². The Labute approximate surface area is 133 Å². The van der Waals surface area contributed by atoms with Crippen LogP contribution in [-0.2, 0) is 4.79 Å². The number of amides is 1. The molecule has 1 heterocycles. The second-order valence-corrected chi connectivity index (χ2v) is 6.55. The molecule has 1 aliphatic rings. The Morgan fingerprint density at radius 1 is 1.33 bits per heavy atom. The van der Waals surface area contributed by atoms with Gasteiger partial charge >= 0.3 is 5.97 Å². The van der Waals surface area contributed by atoms with E-state index < -0.39 is 11.4 Å². The zero-order chi connectivity index (χ0) is 15.6. The Morgan fingerprint density at radius 2 is 1.95 bits per heavy atom. The van der Waals surface area contributed by atoms with Gasteiger partial charge in [0.25, 0.3) is 5.91 Å². The lowest BCUT2D eigenvalue weighted by Gasteiger charge is -2.38. The molecule has 1 aromatic carbocycles. The minimum Gasteiger partial charge on any atom is -0.481 e. The minimum absolute atomic E-state index is 0.0132.